The summed E-state index contributed by atoms with van der Waals surface area (Å²) in [5.41, 5.74) is 0.682. The number of thioether (sulfide) groups is 1. The van der Waals surface area contributed by atoms with Crippen LogP contribution in [0, 0.1) is 0 Å². The van der Waals surface area contributed by atoms with Crippen LogP contribution >= 0.6 is 11.8 Å². The zero-order valence-corrected chi connectivity index (χ0v) is 15.1. The van der Waals surface area contributed by atoms with Gasteiger partial charge >= 0.3 is 5.97 Å². The van der Waals surface area contributed by atoms with Crippen molar-refractivity contribution in [2.75, 3.05) is 26.9 Å². The molecule has 0 spiro atoms. The van der Waals surface area contributed by atoms with Crippen molar-refractivity contribution >= 4 is 35.0 Å². The standard InChI is InChI=1S/C17H19NO6S/c1-4-23-12-7-6-11(8-13(12)22-3)9-14-16(20)18(17(21)25-14)10-15(19)24-5-2/h6-9H,4-5,10H2,1-3H3/b14-9-. The fourth-order valence-electron chi connectivity index (χ4n) is 2.17. The minimum atomic E-state index is -0.617. The number of methoxy groups -OCH3 is 1. The van der Waals surface area contributed by atoms with Crippen LogP contribution in [-0.4, -0.2) is 48.9 Å². The highest BCUT2D eigenvalue weighted by Gasteiger charge is 2.36. The summed E-state index contributed by atoms with van der Waals surface area (Å²) in [6.45, 7) is 3.83. The lowest BCUT2D eigenvalue weighted by Gasteiger charge is -2.11. The van der Waals surface area contributed by atoms with Gasteiger partial charge in [-0.15, -0.1) is 0 Å². The van der Waals surface area contributed by atoms with Gasteiger partial charge in [-0.25, -0.2) is 0 Å². The van der Waals surface area contributed by atoms with Gasteiger partial charge in [-0.05, 0) is 49.4 Å². The molecule has 1 aliphatic rings. The van der Waals surface area contributed by atoms with Crippen LogP contribution in [0.4, 0.5) is 4.79 Å². The number of imide groups is 1. The molecule has 0 N–H and O–H groups in total. The molecule has 0 radical (unpaired) electrons. The molecule has 134 valence electrons. The average Bonchev–Trinajstić information content (AvgIpc) is 2.84. The predicted molar refractivity (Wildman–Crippen MR) is 93.5 cm³/mol. The Balaban J connectivity index is 2.20. The second-order valence-corrected chi connectivity index (χ2v) is 5.91. The molecule has 8 heteroatoms. The maximum atomic E-state index is 12.3. The minimum absolute atomic E-state index is 0.191. The van der Waals surface area contributed by atoms with E-state index >= 15 is 0 Å². The molecule has 0 atom stereocenters. The van der Waals surface area contributed by atoms with E-state index in [9.17, 15) is 14.4 Å². The van der Waals surface area contributed by atoms with Gasteiger partial charge in [0.05, 0.1) is 25.2 Å². The zero-order chi connectivity index (χ0) is 18.4. The van der Waals surface area contributed by atoms with Crippen LogP contribution in [0.5, 0.6) is 11.5 Å². The van der Waals surface area contributed by atoms with Crippen molar-refractivity contribution in [2.24, 2.45) is 0 Å². The van der Waals surface area contributed by atoms with Crippen LogP contribution in [0.3, 0.4) is 0 Å². The Morgan fingerprint density at radius 1 is 1.20 bits per heavy atom. The summed E-state index contributed by atoms with van der Waals surface area (Å²) < 4.78 is 15.5. The summed E-state index contributed by atoms with van der Waals surface area (Å²) in [7, 11) is 1.52. The van der Waals surface area contributed by atoms with Gasteiger partial charge in [0.15, 0.2) is 11.5 Å². The number of carbonyl (C=O) groups excluding carboxylic acids is 3. The topological polar surface area (TPSA) is 82.1 Å². The summed E-state index contributed by atoms with van der Waals surface area (Å²) in [6, 6.07) is 5.20. The van der Waals surface area contributed by atoms with Crippen molar-refractivity contribution in [3.05, 3.63) is 28.7 Å². The highest BCUT2D eigenvalue weighted by atomic mass is 32.2. The number of hydrogen-bond donors (Lipinski definition) is 0. The van der Waals surface area contributed by atoms with E-state index in [0.29, 0.717) is 23.7 Å². The Morgan fingerprint density at radius 3 is 2.60 bits per heavy atom. The lowest BCUT2D eigenvalue weighted by Crippen LogP contribution is -2.34. The van der Waals surface area contributed by atoms with Crippen LogP contribution in [0.25, 0.3) is 6.08 Å². The number of benzene rings is 1. The van der Waals surface area contributed by atoms with Gasteiger partial charge in [-0.2, -0.15) is 0 Å². The molecule has 2 amide bonds. The first-order chi connectivity index (χ1) is 12.0. The van der Waals surface area contributed by atoms with Gasteiger partial charge in [0.2, 0.25) is 0 Å². The van der Waals surface area contributed by atoms with E-state index in [-0.39, 0.29) is 18.1 Å². The molecule has 2 rings (SSSR count). The molecule has 0 saturated carbocycles. The Bertz CT molecular complexity index is 715. The molecule has 0 unspecified atom stereocenters. The lowest BCUT2D eigenvalue weighted by molar-refractivity contribution is -0.145. The third-order valence-corrected chi connectivity index (χ3v) is 4.16. The van der Waals surface area contributed by atoms with Gasteiger partial charge in [-0.1, -0.05) is 6.07 Å². The Morgan fingerprint density at radius 2 is 1.96 bits per heavy atom. The van der Waals surface area contributed by atoms with Crippen LogP contribution in [-0.2, 0) is 14.3 Å². The maximum absolute atomic E-state index is 12.3. The minimum Gasteiger partial charge on any atom is -0.493 e. The quantitative estimate of drug-likeness (QED) is 0.543. The second kappa shape index (κ2) is 8.57. The summed E-state index contributed by atoms with van der Waals surface area (Å²) in [6.07, 6.45) is 1.58. The molecule has 1 heterocycles. The number of esters is 1. The summed E-state index contributed by atoms with van der Waals surface area (Å²) in [5.74, 6) is -0.0105. The first-order valence-electron chi connectivity index (χ1n) is 7.72. The second-order valence-electron chi connectivity index (χ2n) is 4.92. The van der Waals surface area contributed by atoms with Gasteiger partial charge in [0.1, 0.15) is 6.54 Å². The van der Waals surface area contributed by atoms with E-state index in [2.05, 4.69) is 0 Å². The first kappa shape index (κ1) is 18.9. The smallest absolute Gasteiger partial charge is 0.326 e. The summed E-state index contributed by atoms with van der Waals surface area (Å²) in [5, 5.41) is -0.498. The number of rotatable bonds is 7. The Hall–Kier alpha value is -2.48. The largest absolute Gasteiger partial charge is 0.493 e. The number of amides is 2. The van der Waals surface area contributed by atoms with Crippen molar-refractivity contribution in [3.8, 4) is 11.5 Å². The predicted octanol–water partition coefficient (Wildman–Crippen LogP) is 2.69. The highest BCUT2D eigenvalue weighted by Crippen LogP contribution is 2.34. The van der Waals surface area contributed by atoms with E-state index in [1.807, 2.05) is 6.92 Å². The van der Waals surface area contributed by atoms with E-state index < -0.39 is 17.1 Å². The summed E-state index contributed by atoms with van der Waals surface area (Å²) in [4.78, 5) is 36.9. The Kier molecular flexibility index (Phi) is 6.46. The van der Waals surface area contributed by atoms with E-state index in [0.717, 1.165) is 16.7 Å². The van der Waals surface area contributed by atoms with Crippen LogP contribution in [0.15, 0.2) is 23.1 Å². The number of ether oxygens (including phenoxy) is 3. The van der Waals surface area contributed by atoms with Gasteiger partial charge in [-0.3, -0.25) is 19.3 Å². The molecule has 0 bridgehead atoms. The molecule has 1 fully saturated rings. The van der Waals surface area contributed by atoms with Crippen LogP contribution in [0.2, 0.25) is 0 Å². The number of nitrogens with zero attached hydrogens (tertiary/aromatic N) is 1. The fraction of sp³-hybridized carbons (Fsp3) is 0.353. The van der Waals surface area contributed by atoms with Gasteiger partial charge < -0.3 is 14.2 Å². The van der Waals surface area contributed by atoms with Crippen molar-refractivity contribution in [3.63, 3.8) is 0 Å². The average molecular weight is 365 g/mol. The van der Waals surface area contributed by atoms with Crippen molar-refractivity contribution in [1.82, 2.24) is 4.90 Å². The maximum Gasteiger partial charge on any atom is 0.326 e. The van der Waals surface area contributed by atoms with Crippen molar-refractivity contribution in [2.45, 2.75) is 13.8 Å². The molecule has 1 aliphatic heterocycles. The van der Waals surface area contributed by atoms with E-state index in [1.54, 1.807) is 31.2 Å². The SMILES string of the molecule is CCOC(=O)CN1C(=O)S/C(=C\c2ccc(OCC)c(OC)c2)C1=O. The summed E-state index contributed by atoms with van der Waals surface area (Å²) >= 11 is 0.783. The van der Waals surface area contributed by atoms with Crippen LogP contribution < -0.4 is 9.47 Å². The van der Waals surface area contributed by atoms with Crippen molar-refractivity contribution < 1.29 is 28.6 Å². The lowest BCUT2D eigenvalue weighted by atomic mass is 10.2. The molecule has 0 aliphatic carbocycles. The van der Waals surface area contributed by atoms with E-state index in [4.69, 9.17) is 14.2 Å². The highest BCUT2D eigenvalue weighted by molar-refractivity contribution is 8.18. The molecule has 25 heavy (non-hydrogen) atoms. The molecular formula is C17H19NO6S. The van der Waals surface area contributed by atoms with Crippen LogP contribution in [0.1, 0.15) is 19.4 Å². The van der Waals surface area contributed by atoms with Gasteiger partial charge in [0, 0.05) is 0 Å². The third-order valence-electron chi connectivity index (χ3n) is 3.25. The molecule has 1 aromatic carbocycles. The first-order valence-corrected chi connectivity index (χ1v) is 8.53. The molecule has 7 nitrogen and oxygen atoms in total. The molecule has 1 saturated heterocycles. The fourth-order valence-corrected chi connectivity index (χ4v) is 3.01. The van der Waals surface area contributed by atoms with Gasteiger partial charge in [0.25, 0.3) is 11.1 Å². The molecule has 0 aromatic heterocycles. The Labute approximate surface area is 149 Å². The third kappa shape index (κ3) is 4.54. The number of hydrogen-bond acceptors (Lipinski definition) is 7. The number of carbonyl (C=O) groups is 3. The molecule has 1 aromatic rings. The van der Waals surface area contributed by atoms with Crippen molar-refractivity contribution in [1.29, 1.82) is 0 Å². The van der Waals surface area contributed by atoms with E-state index in [1.165, 1.54) is 7.11 Å². The monoisotopic (exact) mass is 365 g/mol. The molecular weight excluding hydrogens is 346 g/mol. The zero-order valence-electron chi connectivity index (χ0n) is 14.2. The normalized spacial score (nSPS) is 15.6.